The van der Waals surface area contributed by atoms with Gasteiger partial charge in [-0.05, 0) is 25.2 Å². The van der Waals surface area contributed by atoms with Crippen molar-refractivity contribution < 1.29 is 19.1 Å². The van der Waals surface area contributed by atoms with Gasteiger partial charge in [-0.1, -0.05) is 26.0 Å². The summed E-state index contributed by atoms with van der Waals surface area (Å²) in [7, 11) is 0. The predicted molar refractivity (Wildman–Crippen MR) is 75.8 cm³/mol. The Labute approximate surface area is 119 Å². The zero-order valence-corrected chi connectivity index (χ0v) is 12.2. The summed E-state index contributed by atoms with van der Waals surface area (Å²) in [5.41, 5.74) is 0.266. The Kier molecular flexibility index (Phi) is 6.73. The number of nitrogens with zero attached hydrogens (tertiary/aromatic N) is 1. The molecule has 110 valence electrons. The Bertz CT molecular complexity index is 455. The number of para-hydroxylation sites is 1. The van der Waals surface area contributed by atoms with E-state index in [1.807, 2.05) is 0 Å². The molecule has 0 bridgehead atoms. The number of carbonyl (C=O) groups is 2. The van der Waals surface area contributed by atoms with E-state index in [4.69, 9.17) is 9.47 Å². The van der Waals surface area contributed by atoms with Crippen molar-refractivity contribution in [2.24, 2.45) is 0 Å². The highest BCUT2D eigenvalue weighted by molar-refractivity contribution is 5.93. The van der Waals surface area contributed by atoms with E-state index >= 15 is 0 Å². The first-order valence-corrected chi connectivity index (χ1v) is 6.75. The number of benzene rings is 1. The van der Waals surface area contributed by atoms with E-state index in [1.165, 1.54) is 6.92 Å². The molecule has 1 aromatic rings. The van der Waals surface area contributed by atoms with Gasteiger partial charge in [0.15, 0.2) is 0 Å². The van der Waals surface area contributed by atoms with Crippen LogP contribution in [0.5, 0.6) is 5.75 Å². The monoisotopic (exact) mass is 279 g/mol. The fourth-order valence-electron chi connectivity index (χ4n) is 1.76. The van der Waals surface area contributed by atoms with Crippen molar-refractivity contribution in [3.63, 3.8) is 0 Å². The molecule has 0 aliphatic carbocycles. The van der Waals surface area contributed by atoms with Gasteiger partial charge in [0.2, 0.25) is 0 Å². The van der Waals surface area contributed by atoms with Crippen LogP contribution in [-0.2, 0) is 9.53 Å². The fourth-order valence-corrected chi connectivity index (χ4v) is 1.76. The second kappa shape index (κ2) is 8.32. The molecular formula is C15H21NO4. The molecule has 20 heavy (non-hydrogen) atoms. The van der Waals surface area contributed by atoms with Crippen LogP contribution >= 0.6 is 0 Å². The van der Waals surface area contributed by atoms with E-state index in [9.17, 15) is 9.59 Å². The van der Waals surface area contributed by atoms with Crippen molar-refractivity contribution >= 4 is 11.9 Å². The van der Waals surface area contributed by atoms with Crippen LogP contribution in [0.4, 0.5) is 0 Å². The Morgan fingerprint density at radius 2 is 1.80 bits per heavy atom. The van der Waals surface area contributed by atoms with Crippen LogP contribution in [0.2, 0.25) is 0 Å². The number of rotatable bonds is 7. The summed E-state index contributed by atoms with van der Waals surface area (Å²) in [4.78, 5) is 25.1. The summed E-state index contributed by atoms with van der Waals surface area (Å²) < 4.78 is 10.2. The molecule has 0 aliphatic heterocycles. The third-order valence-electron chi connectivity index (χ3n) is 2.90. The molecule has 5 nitrogen and oxygen atoms in total. The van der Waals surface area contributed by atoms with Crippen molar-refractivity contribution in [3.05, 3.63) is 29.8 Å². The van der Waals surface area contributed by atoms with Gasteiger partial charge < -0.3 is 14.4 Å². The Morgan fingerprint density at radius 3 is 2.40 bits per heavy atom. The van der Waals surface area contributed by atoms with Crippen LogP contribution < -0.4 is 4.74 Å². The average molecular weight is 279 g/mol. The zero-order chi connectivity index (χ0) is 15.0. The lowest BCUT2D eigenvalue weighted by molar-refractivity contribution is -0.131. The van der Waals surface area contributed by atoms with E-state index in [-0.39, 0.29) is 11.3 Å². The van der Waals surface area contributed by atoms with Crippen molar-refractivity contribution in [2.75, 3.05) is 26.2 Å². The van der Waals surface area contributed by atoms with E-state index < -0.39 is 11.9 Å². The molecule has 1 aromatic carbocycles. The number of ether oxygens (including phenoxy) is 2. The van der Waals surface area contributed by atoms with E-state index in [0.29, 0.717) is 13.2 Å². The van der Waals surface area contributed by atoms with Gasteiger partial charge in [0.1, 0.15) is 17.9 Å². The lowest BCUT2D eigenvalue weighted by Gasteiger charge is -2.17. The first-order chi connectivity index (χ1) is 9.58. The molecule has 0 radical (unpaired) electrons. The molecule has 1 rings (SSSR count). The third kappa shape index (κ3) is 5.01. The van der Waals surface area contributed by atoms with Gasteiger partial charge in [-0.3, -0.25) is 4.79 Å². The SMILES string of the molecule is CCN(CC)CCOC(=O)c1ccccc1OC(C)=O. The summed E-state index contributed by atoms with van der Waals surface area (Å²) in [6.45, 7) is 8.24. The van der Waals surface area contributed by atoms with Crippen LogP contribution in [0.1, 0.15) is 31.1 Å². The van der Waals surface area contributed by atoms with Crippen LogP contribution in [0.25, 0.3) is 0 Å². The quantitative estimate of drug-likeness (QED) is 0.565. The second-order valence-corrected chi connectivity index (χ2v) is 4.25. The smallest absolute Gasteiger partial charge is 0.341 e. The second-order valence-electron chi connectivity index (χ2n) is 4.25. The van der Waals surface area contributed by atoms with Crippen LogP contribution in [0.15, 0.2) is 24.3 Å². The normalized spacial score (nSPS) is 10.4. The highest BCUT2D eigenvalue weighted by atomic mass is 16.5. The summed E-state index contributed by atoms with van der Waals surface area (Å²) in [5, 5.41) is 0. The van der Waals surface area contributed by atoms with Crippen LogP contribution in [0, 0.1) is 0 Å². The zero-order valence-electron chi connectivity index (χ0n) is 12.2. The highest BCUT2D eigenvalue weighted by Crippen LogP contribution is 2.19. The molecule has 5 heteroatoms. The van der Waals surface area contributed by atoms with Gasteiger partial charge in [0.05, 0.1) is 0 Å². The number of esters is 2. The van der Waals surface area contributed by atoms with Crippen molar-refractivity contribution in [3.8, 4) is 5.75 Å². The number of likely N-dealkylation sites (N-methyl/N-ethyl adjacent to an activating group) is 1. The van der Waals surface area contributed by atoms with E-state index in [2.05, 4.69) is 18.7 Å². The van der Waals surface area contributed by atoms with Crippen molar-refractivity contribution in [1.82, 2.24) is 4.90 Å². The molecule has 0 saturated carbocycles. The Morgan fingerprint density at radius 1 is 1.15 bits per heavy atom. The number of hydrogen-bond acceptors (Lipinski definition) is 5. The molecule has 0 heterocycles. The van der Waals surface area contributed by atoms with Crippen molar-refractivity contribution in [2.45, 2.75) is 20.8 Å². The van der Waals surface area contributed by atoms with Crippen molar-refractivity contribution in [1.29, 1.82) is 0 Å². The number of carbonyl (C=O) groups excluding carboxylic acids is 2. The highest BCUT2D eigenvalue weighted by Gasteiger charge is 2.15. The third-order valence-corrected chi connectivity index (χ3v) is 2.90. The van der Waals surface area contributed by atoms with E-state index in [0.717, 1.165) is 13.1 Å². The van der Waals surface area contributed by atoms with Gasteiger partial charge in [0, 0.05) is 13.5 Å². The molecule has 0 N–H and O–H groups in total. The largest absolute Gasteiger partial charge is 0.461 e. The minimum Gasteiger partial charge on any atom is -0.461 e. The lowest BCUT2D eigenvalue weighted by Crippen LogP contribution is -2.28. The lowest BCUT2D eigenvalue weighted by atomic mass is 10.2. The Hall–Kier alpha value is -1.88. The summed E-state index contributed by atoms with van der Waals surface area (Å²) >= 11 is 0. The molecule has 0 spiro atoms. The predicted octanol–water partition coefficient (Wildman–Crippen LogP) is 2.11. The first-order valence-electron chi connectivity index (χ1n) is 6.75. The van der Waals surface area contributed by atoms with Gasteiger partial charge in [-0.2, -0.15) is 0 Å². The summed E-state index contributed by atoms with van der Waals surface area (Å²) in [6, 6.07) is 6.55. The molecule has 0 amide bonds. The maximum Gasteiger partial charge on any atom is 0.341 e. The Balaban J connectivity index is 2.61. The van der Waals surface area contributed by atoms with Gasteiger partial charge in [-0.25, -0.2) is 4.79 Å². The minimum atomic E-state index is -0.478. The molecular weight excluding hydrogens is 258 g/mol. The average Bonchev–Trinajstić information content (AvgIpc) is 2.43. The first kappa shape index (κ1) is 16.2. The van der Waals surface area contributed by atoms with E-state index in [1.54, 1.807) is 24.3 Å². The molecule has 0 saturated heterocycles. The summed E-state index contributed by atoms with van der Waals surface area (Å²) in [6.07, 6.45) is 0. The van der Waals surface area contributed by atoms with Crippen LogP contribution in [0.3, 0.4) is 0 Å². The molecule has 0 aliphatic rings. The number of hydrogen-bond donors (Lipinski definition) is 0. The molecule has 0 unspecified atom stereocenters. The topological polar surface area (TPSA) is 55.8 Å². The molecule has 0 aromatic heterocycles. The van der Waals surface area contributed by atoms with Gasteiger partial charge in [-0.15, -0.1) is 0 Å². The van der Waals surface area contributed by atoms with Gasteiger partial charge in [0.25, 0.3) is 0 Å². The molecule has 0 fully saturated rings. The maximum absolute atomic E-state index is 12.0. The minimum absolute atomic E-state index is 0.229. The van der Waals surface area contributed by atoms with Crippen LogP contribution in [-0.4, -0.2) is 43.1 Å². The standard InChI is InChI=1S/C15H21NO4/c1-4-16(5-2)10-11-19-15(18)13-8-6-7-9-14(13)20-12(3)17/h6-9H,4-5,10-11H2,1-3H3. The maximum atomic E-state index is 12.0. The molecule has 0 atom stereocenters. The fraction of sp³-hybridized carbons (Fsp3) is 0.467. The van der Waals surface area contributed by atoms with Gasteiger partial charge >= 0.3 is 11.9 Å². The summed E-state index contributed by atoms with van der Waals surface area (Å²) in [5.74, 6) is -0.713.